The van der Waals surface area contributed by atoms with Gasteiger partial charge in [-0.3, -0.25) is 4.79 Å². The van der Waals surface area contributed by atoms with Gasteiger partial charge in [0, 0.05) is 0 Å². The molecule has 0 aliphatic heterocycles. The lowest BCUT2D eigenvalue weighted by Gasteiger charge is -2.22. The predicted molar refractivity (Wildman–Crippen MR) is 104 cm³/mol. The first kappa shape index (κ1) is 17.7. The average molecular weight is 345 g/mol. The summed E-state index contributed by atoms with van der Waals surface area (Å²) in [5.41, 5.74) is 3.17. The molecule has 0 heterocycles. The third-order valence-electron chi connectivity index (χ3n) is 4.22. The lowest BCUT2D eigenvalue weighted by Crippen LogP contribution is -2.39. The van der Waals surface area contributed by atoms with Crippen LogP contribution in [-0.2, 0) is 4.79 Å². The number of nitrogens with one attached hydrogen (secondary N) is 1. The largest absolute Gasteiger partial charge is 0.481 e. The van der Waals surface area contributed by atoms with Crippen molar-refractivity contribution in [3.05, 3.63) is 102 Å². The van der Waals surface area contributed by atoms with Crippen LogP contribution in [0.3, 0.4) is 0 Å². The highest BCUT2D eigenvalue weighted by Crippen LogP contribution is 2.22. The average Bonchev–Trinajstić information content (AvgIpc) is 2.67. The molecule has 0 saturated carbocycles. The highest BCUT2D eigenvalue weighted by atomic mass is 16.5. The minimum absolute atomic E-state index is 0.149. The number of aryl methyl sites for hydroxylation is 1. The first-order chi connectivity index (χ1) is 12.6. The Morgan fingerprint density at radius 2 is 1.42 bits per heavy atom. The Kier molecular flexibility index (Phi) is 5.69. The van der Waals surface area contributed by atoms with Crippen LogP contribution in [0.1, 0.15) is 29.7 Å². The van der Waals surface area contributed by atoms with Crippen LogP contribution in [0.25, 0.3) is 0 Å². The molecule has 132 valence electrons. The van der Waals surface area contributed by atoms with Crippen LogP contribution in [-0.4, -0.2) is 12.0 Å². The first-order valence-corrected chi connectivity index (χ1v) is 8.77. The fourth-order valence-electron chi connectivity index (χ4n) is 2.86. The van der Waals surface area contributed by atoms with Gasteiger partial charge in [0.2, 0.25) is 0 Å². The van der Waals surface area contributed by atoms with Gasteiger partial charge in [0.15, 0.2) is 6.10 Å². The van der Waals surface area contributed by atoms with Gasteiger partial charge in [-0.1, -0.05) is 72.8 Å². The number of carbonyl (C=O) groups excluding carboxylic acids is 1. The van der Waals surface area contributed by atoms with Gasteiger partial charge in [-0.15, -0.1) is 0 Å². The number of hydrogen-bond acceptors (Lipinski definition) is 2. The fourth-order valence-corrected chi connectivity index (χ4v) is 2.86. The summed E-state index contributed by atoms with van der Waals surface area (Å²) >= 11 is 0. The van der Waals surface area contributed by atoms with Crippen LogP contribution in [0.4, 0.5) is 0 Å². The summed E-state index contributed by atoms with van der Waals surface area (Å²) < 4.78 is 5.82. The Bertz CT molecular complexity index is 807. The van der Waals surface area contributed by atoms with Crippen molar-refractivity contribution < 1.29 is 9.53 Å². The molecule has 26 heavy (non-hydrogen) atoms. The number of ether oxygens (including phenoxy) is 1. The summed E-state index contributed by atoms with van der Waals surface area (Å²) in [7, 11) is 0. The van der Waals surface area contributed by atoms with E-state index < -0.39 is 6.10 Å². The summed E-state index contributed by atoms with van der Waals surface area (Å²) in [5, 5.41) is 3.12. The summed E-state index contributed by atoms with van der Waals surface area (Å²) in [4.78, 5) is 12.8. The van der Waals surface area contributed by atoms with Crippen LogP contribution in [0.5, 0.6) is 5.75 Å². The standard InChI is InChI=1S/C23H23NO2/c1-17-10-9-15-21(16-17)26-18(2)23(25)24-22(19-11-5-3-6-12-19)20-13-7-4-8-14-20/h3-16,18,22H,1-2H3,(H,24,25)/t18-/m0/s1. The van der Waals surface area contributed by atoms with Gasteiger partial charge in [0.1, 0.15) is 5.75 Å². The van der Waals surface area contributed by atoms with Gasteiger partial charge in [0.25, 0.3) is 5.91 Å². The van der Waals surface area contributed by atoms with E-state index in [2.05, 4.69) is 5.32 Å². The van der Waals surface area contributed by atoms with E-state index in [9.17, 15) is 4.79 Å². The number of benzene rings is 3. The molecule has 1 N–H and O–H groups in total. The third-order valence-corrected chi connectivity index (χ3v) is 4.22. The van der Waals surface area contributed by atoms with Crippen LogP contribution in [0.2, 0.25) is 0 Å². The predicted octanol–water partition coefficient (Wildman–Crippen LogP) is 4.67. The molecule has 0 radical (unpaired) electrons. The SMILES string of the molecule is Cc1cccc(O[C@@H](C)C(=O)NC(c2ccccc2)c2ccccc2)c1. The lowest BCUT2D eigenvalue weighted by molar-refractivity contribution is -0.127. The number of carbonyl (C=O) groups is 1. The zero-order valence-electron chi connectivity index (χ0n) is 15.1. The van der Waals surface area contributed by atoms with Gasteiger partial charge in [0.05, 0.1) is 6.04 Å². The van der Waals surface area contributed by atoms with E-state index in [1.807, 2.05) is 91.9 Å². The van der Waals surface area contributed by atoms with Crippen LogP contribution in [0.15, 0.2) is 84.9 Å². The Balaban J connectivity index is 1.77. The Morgan fingerprint density at radius 3 is 1.96 bits per heavy atom. The normalized spacial score (nSPS) is 11.8. The lowest BCUT2D eigenvalue weighted by atomic mass is 9.98. The van der Waals surface area contributed by atoms with Crippen molar-refractivity contribution in [1.82, 2.24) is 5.32 Å². The smallest absolute Gasteiger partial charge is 0.261 e. The second-order valence-electron chi connectivity index (χ2n) is 6.34. The quantitative estimate of drug-likeness (QED) is 0.705. The van der Waals surface area contributed by atoms with Crippen LogP contribution in [0, 0.1) is 6.92 Å². The van der Waals surface area contributed by atoms with E-state index in [4.69, 9.17) is 4.74 Å². The summed E-state index contributed by atoms with van der Waals surface area (Å²) in [6.07, 6.45) is -0.591. The monoisotopic (exact) mass is 345 g/mol. The van der Waals surface area contributed by atoms with E-state index >= 15 is 0 Å². The second-order valence-corrected chi connectivity index (χ2v) is 6.34. The number of amides is 1. The topological polar surface area (TPSA) is 38.3 Å². The number of hydrogen-bond donors (Lipinski definition) is 1. The van der Waals surface area contributed by atoms with E-state index in [1.54, 1.807) is 6.92 Å². The Morgan fingerprint density at radius 1 is 0.846 bits per heavy atom. The van der Waals surface area contributed by atoms with E-state index in [-0.39, 0.29) is 11.9 Å². The minimum Gasteiger partial charge on any atom is -0.481 e. The molecule has 0 spiro atoms. The molecule has 0 saturated heterocycles. The van der Waals surface area contributed by atoms with Crippen molar-refractivity contribution in [3.8, 4) is 5.75 Å². The Labute approximate surface area is 154 Å². The van der Waals surface area contributed by atoms with Gasteiger partial charge in [-0.25, -0.2) is 0 Å². The molecule has 0 unspecified atom stereocenters. The molecular weight excluding hydrogens is 322 g/mol. The maximum atomic E-state index is 12.8. The molecule has 3 heteroatoms. The molecule has 0 aliphatic rings. The maximum absolute atomic E-state index is 12.8. The molecule has 3 aromatic rings. The highest BCUT2D eigenvalue weighted by molar-refractivity contribution is 5.81. The molecule has 0 bridgehead atoms. The van der Waals surface area contributed by atoms with Crippen molar-refractivity contribution in [2.24, 2.45) is 0 Å². The molecule has 3 aromatic carbocycles. The van der Waals surface area contributed by atoms with E-state index in [0.717, 1.165) is 16.7 Å². The molecule has 0 aromatic heterocycles. The zero-order valence-corrected chi connectivity index (χ0v) is 15.1. The van der Waals surface area contributed by atoms with E-state index in [0.29, 0.717) is 5.75 Å². The maximum Gasteiger partial charge on any atom is 0.261 e. The highest BCUT2D eigenvalue weighted by Gasteiger charge is 2.21. The summed E-state index contributed by atoms with van der Waals surface area (Å²) in [6.45, 7) is 3.77. The molecular formula is C23H23NO2. The van der Waals surface area contributed by atoms with Crippen molar-refractivity contribution >= 4 is 5.91 Å². The van der Waals surface area contributed by atoms with Gasteiger partial charge in [-0.2, -0.15) is 0 Å². The van der Waals surface area contributed by atoms with Crippen molar-refractivity contribution in [3.63, 3.8) is 0 Å². The fraction of sp³-hybridized carbons (Fsp3) is 0.174. The Hall–Kier alpha value is -3.07. The van der Waals surface area contributed by atoms with Gasteiger partial charge < -0.3 is 10.1 Å². The molecule has 3 nitrogen and oxygen atoms in total. The number of rotatable bonds is 6. The second kappa shape index (κ2) is 8.34. The van der Waals surface area contributed by atoms with Gasteiger partial charge in [-0.05, 0) is 42.7 Å². The minimum atomic E-state index is -0.591. The summed E-state index contributed by atoms with van der Waals surface area (Å²) in [6, 6.07) is 27.4. The van der Waals surface area contributed by atoms with Crippen molar-refractivity contribution in [1.29, 1.82) is 0 Å². The molecule has 0 aliphatic carbocycles. The molecule has 1 amide bonds. The van der Waals surface area contributed by atoms with Crippen molar-refractivity contribution in [2.45, 2.75) is 26.0 Å². The van der Waals surface area contributed by atoms with Crippen LogP contribution >= 0.6 is 0 Å². The van der Waals surface area contributed by atoms with Crippen LogP contribution < -0.4 is 10.1 Å². The third kappa shape index (κ3) is 4.51. The summed E-state index contributed by atoms with van der Waals surface area (Å²) in [5.74, 6) is 0.549. The van der Waals surface area contributed by atoms with E-state index in [1.165, 1.54) is 0 Å². The zero-order chi connectivity index (χ0) is 18.4. The molecule has 0 fully saturated rings. The first-order valence-electron chi connectivity index (χ1n) is 8.77. The molecule has 3 rings (SSSR count). The van der Waals surface area contributed by atoms with Crippen molar-refractivity contribution in [2.75, 3.05) is 0 Å². The molecule has 1 atom stereocenters. The van der Waals surface area contributed by atoms with Gasteiger partial charge >= 0.3 is 0 Å².